The molecule has 1 aliphatic rings. The fourth-order valence-electron chi connectivity index (χ4n) is 2.86. The predicted molar refractivity (Wildman–Crippen MR) is 88.2 cm³/mol. The number of carbonyl (C=O) groups excluding carboxylic acids is 2. The molecule has 126 valence electrons. The van der Waals surface area contributed by atoms with Gasteiger partial charge in [0.1, 0.15) is 11.5 Å². The van der Waals surface area contributed by atoms with E-state index in [-0.39, 0.29) is 18.4 Å². The lowest BCUT2D eigenvalue weighted by atomic mass is 10.1. The zero-order chi connectivity index (χ0) is 17.1. The third-order valence-electron chi connectivity index (χ3n) is 4.06. The van der Waals surface area contributed by atoms with Gasteiger partial charge in [0.15, 0.2) is 0 Å². The number of benzene rings is 1. The molecule has 7 heteroatoms. The van der Waals surface area contributed by atoms with Crippen LogP contribution in [0.4, 0.5) is 0 Å². The lowest BCUT2D eigenvalue weighted by molar-refractivity contribution is -0.120. The van der Waals surface area contributed by atoms with Gasteiger partial charge < -0.3 is 20.4 Å². The number of amides is 2. The molecule has 1 aliphatic heterocycles. The number of aromatic amines is 1. The molecule has 0 bridgehead atoms. The van der Waals surface area contributed by atoms with Crippen molar-refractivity contribution in [3.8, 4) is 11.4 Å². The van der Waals surface area contributed by atoms with Crippen molar-refractivity contribution in [2.24, 2.45) is 5.73 Å². The lowest BCUT2D eigenvalue weighted by Crippen LogP contribution is -2.50. The number of carbonyl (C=O) groups is 2. The number of nitrogens with two attached hydrogens (primary N) is 1. The normalized spacial score (nSPS) is 17.7. The number of H-pyrrole nitrogens is 1. The predicted octanol–water partition coefficient (Wildman–Crippen LogP) is 1.10. The molecule has 3 N–H and O–H groups in total. The van der Waals surface area contributed by atoms with E-state index in [1.165, 1.54) is 0 Å². The van der Waals surface area contributed by atoms with Gasteiger partial charge in [-0.05, 0) is 6.92 Å². The number of hydrogen-bond acceptors (Lipinski definition) is 4. The monoisotopic (exact) mass is 328 g/mol. The maximum Gasteiger partial charge on any atom is 0.274 e. The highest BCUT2D eigenvalue weighted by Gasteiger charge is 2.31. The quantitative estimate of drug-likeness (QED) is 0.877. The fraction of sp³-hybridized carbons (Fsp3) is 0.353. The summed E-state index contributed by atoms with van der Waals surface area (Å²) in [5.41, 5.74) is 7.26. The molecule has 0 saturated carbocycles. The second-order valence-corrected chi connectivity index (χ2v) is 5.82. The first kappa shape index (κ1) is 16.2. The summed E-state index contributed by atoms with van der Waals surface area (Å²) >= 11 is 0. The van der Waals surface area contributed by atoms with Crippen molar-refractivity contribution >= 4 is 11.8 Å². The minimum absolute atomic E-state index is 0.0841. The van der Waals surface area contributed by atoms with E-state index < -0.39 is 5.91 Å². The standard InChI is InChI=1S/C17H20N4O3/c1-11-15(20-16(19-11)12-5-3-2-4-6-12)17(23)21-7-8-24-10-13(21)9-14(18)22/h2-6,13H,7-10H2,1H3,(H2,18,22)(H,19,20)/t13-/m1/s1. The van der Waals surface area contributed by atoms with Gasteiger partial charge in [0.2, 0.25) is 5.91 Å². The maximum atomic E-state index is 12.9. The van der Waals surface area contributed by atoms with Gasteiger partial charge in [0.05, 0.1) is 19.3 Å². The molecule has 1 fully saturated rings. The molecule has 2 heterocycles. The smallest absolute Gasteiger partial charge is 0.274 e. The van der Waals surface area contributed by atoms with Gasteiger partial charge in [0.25, 0.3) is 5.91 Å². The summed E-state index contributed by atoms with van der Waals surface area (Å²) in [5.74, 6) is -0.0105. The summed E-state index contributed by atoms with van der Waals surface area (Å²) in [6, 6.07) is 9.26. The molecule has 1 atom stereocenters. The highest BCUT2D eigenvalue weighted by Crippen LogP contribution is 2.21. The lowest BCUT2D eigenvalue weighted by Gasteiger charge is -2.34. The summed E-state index contributed by atoms with van der Waals surface area (Å²) in [7, 11) is 0. The van der Waals surface area contributed by atoms with E-state index in [4.69, 9.17) is 10.5 Å². The third-order valence-corrected chi connectivity index (χ3v) is 4.06. The van der Waals surface area contributed by atoms with Crippen LogP contribution in [0.3, 0.4) is 0 Å². The summed E-state index contributed by atoms with van der Waals surface area (Å²) < 4.78 is 5.37. The summed E-state index contributed by atoms with van der Waals surface area (Å²) in [5, 5.41) is 0. The number of aryl methyl sites for hydroxylation is 1. The number of nitrogens with one attached hydrogen (secondary N) is 1. The molecular formula is C17H20N4O3. The van der Waals surface area contributed by atoms with Gasteiger partial charge >= 0.3 is 0 Å². The molecule has 24 heavy (non-hydrogen) atoms. The molecule has 7 nitrogen and oxygen atoms in total. The van der Waals surface area contributed by atoms with E-state index in [1.54, 1.807) is 4.90 Å². The molecule has 0 radical (unpaired) electrons. The first-order chi connectivity index (χ1) is 11.6. The van der Waals surface area contributed by atoms with Crippen LogP contribution in [0.25, 0.3) is 11.4 Å². The van der Waals surface area contributed by atoms with E-state index in [2.05, 4.69) is 9.97 Å². The van der Waals surface area contributed by atoms with Gasteiger partial charge in [-0.3, -0.25) is 9.59 Å². The minimum Gasteiger partial charge on any atom is -0.377 e. The Hall–Kier alpha value is -2.67. The Bertz CT molecular complexity index is 742. The minimum atomic E-state index is -0.452. The van der Waals surface area contributed by atoms with Crippen LogP contribution >= 0.6 is 0 Å². The van der Waals surface area contributed by atoms with E-state index in [9.17, 15) is 9.59 Å². The number of ether oxygens (including phenoxy) is 1. The molecule has 1 aromatic heterocycles. The SMILES string of the molecule is Cc1[nH]c(-c2ccccc2)nc1C(=O)N1CCOC[C@H]1CC(N)=O. The average molecular weight is 328 g/mol. The van der Waals surface area contributed by atoms with Gasteiger partial charge in [-0.15, -0.1) is 0 Å². The van der Waals surface area contributed by atoms with Crippen molar-refractivity contribution in [2.45, 2.75) is 19.4 Å². The molecule has 0 unspecified atom stereocenters. The van der Waals surface area contributed by atoms with E-state index in [0.717, 1.165) is 5.56 Å². The molecule has 1 aromatic carbocycles. The van der Waals surface area contributed by atoms with Crippen LogP contribution in [0.5, 0.6) is 0 Å². The highest BCUT2D eigenvalue weighted by molar-refractivity contribution is 5.94. The second-order valence-electron chi connectivity index (χ2n) is 5.82. The van der Waals surface area contributed by atoms with Crippen LogP contribution in [0, 0.1) is 6.92 Å². The van der Waals surface area contributed by atoms with E-state index >= 15 is 0 Å². The zero-order valence-electron chi connectivity index (χ0n) is 13.5. The second kappa shape index (κ2) is 6.84. The summed E-state index contributed by atoms with van der Waals surface area (Å²) in [6.45, 7) is 2.99. The topological polar surface area (TPSA) is 101 Å². The van der Waals surface area contributed by atoms with Crippen LogP contribution in [-0.4, -0.2) is 52.5 Å². The zero-order valence-corrected chi connectivity index (χ0v) is 13.5. The number of imidazole rings is 1. The van der Waals surface area contributed by atoms with Crippen molar-refractivity contribution in [2.75, 3.05) is 19.8 Å². The Morgan fingerprint density at radius 1 is 1.38 bits per heavy atom. The van der Waals surface area contributed by atoms with Gasteiger partial charge in [0, 0.05) is 24.2 Å². The summed E-state index contributed by atoms with van der Waals surface area (Å²) in [6.07, 6.45) is 0.0841. The Balaban J connectivity index is 1.86. The molecular weight excluding hydrogens is 308 g/mol. The number of hydrogen-bond donors (Lipinski definition) is 2. The van der Waals surface area contributed by atoms with Crippen molar-refractivity contribution in [1.82, 2.24) is 14.9 Å². The van der Waals surface area contributed by atoms with Crippen LogP contribution in [0.2, 0.25) is 0 Å². The number of primary amides is 1. The van der Waals surface area contributed by atoms with Gasteiger partial charge in [-0.2, -0.15) is 0 Å². The number of aromatic nitrogens is 2. The molecule has 3 rings (SSSR count). The largest absolute Gasteiger partial charge is 0.377 e. The van der Waals surface area contributed by atoms with Crippen molar-refractivity contribution in [3.05, 3.63) is 41.7 Å². The molecule has 2 aromatic rings. The highest BCUT2D eigenvalue weighted by atomic mass is 16.5. The summed E-state index contributed by atoms with van der Waals surface area (Å²) in [4.78, 5) is 33.4. The maximum absolute atomic E-state index is 12.9. The molecule has 0 aliphatic carbocycles. The Morgan fingerprint density at radius 2 is 2.12 bits per heavy atom. The number of nitrogens with zero attached hydrogens (tertiary/aromatic N) is 2. The Morgan fingerprint density at radius 3 is 2.83 bits per heavy atom. The van der Waals surface area contributed by atoms with E-state index in [1.807, 2.05) is 37.3 Å². The van der Waals surface area contributed by atoms with Gasteiger partial charge in [-0.25, -0.2) is 4.98 Å². The van der Waals surface area contributed by atoms with Crippen molar-refractivity contribution in [3.63, 3.8) is 0 Å². The average Bonchev–Trinajstić information content (AvgIpc) is 2.97. The Kier molecular flexibility index (Phi) is 4.61. The van der Waals surface area contributed by atoms with Crippen LogP contribution < -0.4 is 5.73 Å². The third kappa shape index (κ3) is 3.30. The van der Waals surface area contributed by atoms with Gasteiger partial charge in [-0.1, -0.05) is 30.3 Å². The fourth-order valence-corrected chi connectivity index (χ4v) is 2.86. The van der Waals surface area contributed by atoms with Crippen molar-refractivity contribution < 1.29 is 14.3 Å². The number of morpholine rings is 1. The molecule has 2 amide bonds. The van der Waals surface area contributed by atoms with Crippen molar-refractivity contribution in [1.29, 1.82) is 0 Å². The first-order valence-electron chi connectivity index (χ1n) is 7.85. The van der Waals surface area contributed by atoms with Crippen LogP contribution in [-0.2, 0) is 9.53 Å². The molecule has 0 spiro atoms. The van der Waals surface area contributed by atoms with Crippen LogP contribution in [0.1, 0.15) is 22.6 Å². The number of rotatable bonds is 4. The first-order valence-corrected chi connectivity index (χ1v) is 7.85. The van der Waals surface area contributed by atoms with E-state index in [0.29, 0.717) is 37.0 Å². The molecule has 1 saturated heterocycles. The van der Waals surface area contributed by atoms with Crippen LogP contribution in [0.15, 0.2) is 30.3 Å². The Labute approximate surface area is 139 Å².